The van der Waals surface area contributed by atoms with Gasteiger partial charge in [0.1, 0.15) is 42.8 Å². The van der Waals surface area contributed by atoms with Crippen molar-refractivity contribution in [2.45, 2.75) is 48.0 Å². The van der Waals surface area contributed by atoms with E-state index in [1.165, 1.54) is 27.8 Å². The zero-order valence-corrected chi connectivity index (χ0v) is 46.5. The minimum Gasteiger partial charge on any atom is -0.493 e. The van der Waals surface area contributed by atoms with Gasteiger partial charge in [0.05, 0.1) is 32.7 Å². The van der Waals surface area contributed by atoms with Crippen LogP contribution in [-0.4, -0.2) is 107 Å². The Morgan fingerprint density at radius 3 is 1.08 bits per heavy atom. The fraction of sp³-hybridized carbons (Fsp3) is 0.288. The summed E-state index contributed by atoms with van der Waals surface area (Å²) in [6, 6.07) is 45.7. The highest BCUT2D eigenvalue weighted by Crippen LogP contribution is 2.14. The largest absolute Gasteiger partial charge is 0.493 e. The van der Waals surface area contributed by atoms with Crippen LogP contribution in [0.25, 0.3) is 0 Å². The van der Waals surface area contributed by atoms with Gasteiger partial charge in [-0.05, 0) is 114 Å². The Kier molecular flexibility index (Phi) is 34.1. The van der Waals surface area contributed by atoms with Crippen LogP contribution in [0, 0.1) is 41.5 Å². The molecule has 0 aliphatic rings. The van der Waals surface area contributed by atoms with Crippen LogP contribution in [-0.2, 0) is 23.9 Å². The molecule has 79 heavy (non-hydrogen) atoms. The second-order valence-corrected chi connectivity index (χ2v) is 17.4. The van der Waals surface area contributed by atoms with Crippen molar-refractivity contribution in [3.63, 3.8) is 0 Å². The number of ether oxygens (including phenoxy) is 5. The van der Waals surface area contributed by atoms with Gasteiger partial charge in [-0.15, -0.1) is 0 Å². The number of rotatable bonds is 21. The number of benzene rings is 6. The monoisotopic (exact) mass is 1090 g/mol. The Morgan fingerprint density at radius 1 is 0.405 bits per heavy atom. The zero-order chi connectivity index (χ0) is 59.0. The first-order chi connectivity index (χ1) is 37.5. The molecule has 0 bridgehead atoms. The number of amides is 7. The summed E-state index contributed by atoms with van der Waals surface area (Å²) >= 11 is 0. The van der Waals surface area contributed by atoms with Gasteiger partial charge in [0.15, 0.2) is 6.61 Å². The SMILES string of the molecule is Cc1ccc(NCC(=O)N(C)C)cc1.Cc1ccc(NCC(N)=O)cc1.Cc1ccc(OCC(N)=O)cc1.Cc1ccc(OCCC(N)=O)cc1.Cc1ccc(OCCNC(N)=O)cc1.Cc1ccc(OCCOC(N)=O)cc1. The maximum absolute atomic E-state index is 11.2. The van der Waals surface area contributed by atoms with Crippen molar-refractivity contribution in [3.8, 4) is 23.0 Å². The van der Waals surface area contributed by atoms with Gasteiger partial charge in [0.25, 0.3) is 5.91 Å². The molecule has 0 fully saturated rings. The molecule has 20 heteroatoms. The van der Waals surface area contributed by atoms with Crippen LogP contribution >= 0.6 is 0 Å². The summed E-state index contributed by atoms with van der Waals surface area (Å²) in [4.78, 5) is 64.4. The van der Waals surface area contributed by atoms with E-state index >= 15 is 0 Å². The van der Waals surface area contributed by atoms with Crippen LogP contribution in [0.2, 0.25) is 0 Å². The maximum atomic E-state index is 11.2. The Labute approximate surface area is 464 Å². The second kappa shape index (κ2) is 39.9. The fourth-order valence-corrected chi connectivity index (χ4v) is 5.47. The van der Waals surface area contributed by atoms with E-state index < -0.39 is 18.0 Å². The van der Waals surface area contributed by atoms with Gasteiger partial charge < -0.3 is 73.2 Å². The van der Waals surface area contributed by atoms with E-state index in [1.54, 1.807) is 31.1 Å². The van der Waals surface area contributed by atoms with Crippen LogP contribution in [0.15, 0.2) is 146 Å². The van der Waals surface area contributed by atoms with Gasteiger partial charge in [-0.2, -0.15) is 0 Å². The molecule has 20 nitrogen and oxygen atoms in total. The predicted octanol–water partition coefficient (Wildman–Crippen LogP) is 7.01. The molecule has 0 saturated carbocycles. The number of primary amides is 5. The first-order valence-electron chi connectivity index (χ1n) is 24.9. The number of carbonyl (C=O) groups is 6. The number of anilines is 2. The van der Waals surface area contributed by atoms with E-state index in [2.05, 4.69) is 20.7 Å². The summed E-state index contributed by atoms with van der Waals surface area (Å²) in [5.41, 5.74) is 33.5. The molecule has 6 aromatic carbocycles. The van der Waals surface area contributed by atoms with Gasteiger partial charge in [-0.1, -0.05) is 106 Å². The van der Waals surface area contributed by atoms with Gasteiger partial charge in [0.2, 0.25) is 17.7 Å². The molecule has 0 spiro atoms. The Bertz CT molecular complexity index is 2550. The predicted molar refractivity (Wildman–Crippen MR) is 310 cm³/mol. The third-order valence-corrected chi connectivity index (χ3v) is 9.86. The third kappa shape index (κ3) is 37.9. The summed E-state index contributed by atoms with van der Waals surface area (Å²) in [7, 11) is 3.50. The van der Waals surface area contributed by atoms with Crippen LogP contribution in [0.1, 0.15) is 39.8 Å². The lowest BCUT2D eigenvalue weighted by Gasteiger charge is -2.11. The van der Waals surface area contributed by atoms with Gasteiger partial charge >= 0.3 is 12.1 Å². The lowest BCUT2D eigenvalue weighted by molar-refractivity contribution is -0.127. The minimum atomic E-state index is -0.780. The average Bonchev–Trinajstić information content (AvgIpc) is 3.40. The zero-order valence-electron chi connectivity index (χ0n) is 46.5. The van der Waals surface area contributed by atoms with Crippen molar-refractivity contribution in [1.82, 2.24) is 10.2 Å². The second-order valence-electron chi connectivity index (χ2n) is 17.4. The van der Waals surface area contributed by atoms with Crippen molar-refractivity contribution in [2.24, 2.45) is 28.7 Å². The van der Waals surface area contributed by atoms with Crippen LogP contribution in [0.4, 0.5) is 21.0 Å². The smallest absolute Gasteiger partial charge is 0.404 e. The summed E-state index contributed by atoms with van der Waals surface area (Å²) in [6.45, 7) is 14.2. The van der Waals surface area contributed by atoms with Crippen LogP contribution < -0.4 is 63.6 Å². The van der Waals surface area contributed by atoms with E-state index in [-0.39, 0.29) is 43.9 Å². The fourth-order valence-electron chi connectivity index (χ4n) is 5.47. The standard InChI is InChI=1S/C11H16N2O.C10H14N2O2.C10H13NO3.C10H13NO2.C9H12N2O.C9H11NO2/c1-9-4-6-10(7-5-9)12-8-11(14)13(2)3;1-8-2-4-9(5-3-8)14-7-6-12-10(11)13;1-8-2-4-9(5-3-8)13-6-7-14-10(11)12;1-8-2-4-9(5-3-8)13-7-6-10(11)12;1-7-2-4-8(5-3-7)11-6-9(10)12;1-7-2-4-8(5-3-7)12-6-9(10)11/h4-7,12H,8H2,1-3H3;2-5H,6-7H2,1H3,(H3,11,12,13);2-5H,6-7H2,1H3,(H2,11,12);2-5H,6-7H2,1H3,(H2,11,12);2-5,11H,6H2,1H3,(H2,10,12);2-5H,6H2,1H3,(H2,10,11). The summed E-state index contributed by atoms with van der Waals surface area (Å²) < 4.78 is 25.4. The van der Waals surface area contributed by atoms with Crippen molar-refractivity contribution >= 4 is 47.1 Å². The number of nitrogens with two attached hydrogens (primary N) is 5. The van der Waals surface area contributed by atoms with Gasteiger partial charge in [-0.3, -0.25) is 19.2 Å². The first kappa shape index (κ1) is 67.6. The molecule has 426 valence electrons. The number of hydrogen-bond acceptors (Lipinski definition) is 13. The van der Waals surface area contributed by atoms with Crippen molar-refractivity contribution in [2.75, 3.05) is 77.4 Å². The highest BCUT2D eigenvalue weighted by Gasteiger charge is 2.03. The number of hydrogen-bond donors (Lipinski definition) is 8. The van der Waals surface area contributed by atoms with E-state index in [0.717, 1.165) is 34.2 Å². The van der Waals surface area contributed by atoms with Crippen LogP contribution in [0.5, 0.6) is 23.0 Å². The normalized spacial score (nSPS) is 9.52. The van der Waals surface area contributed by atoms with Crippen molar-refractivity contribution < 1.29 is 52.5 Å². The average molecular weight is 1090 g/mol. The Balaban J connectivity index is 0.000000475. The molecule has 6 aromatic rings. The molecule has 0 aliphatic carbocycles. The summed E-state index contributed by atoms with van der Waals surface area (Å²) in [5, 5.41) is 8.40. The highest BCUT2D eigenvalue weighted by molar-refractivity contribution is 5.80. The molecule has 0 atom stereocenters. The molecule has 0 radical (unpaired) electrons. The van der Waals surface area contributed by atoms with E-state index in [0.29, 0.717) is 38.7 Å². The molecule has 0 unspecified atom stereocenters. The molecule has 0 aliphatic heterocycles. The summed E-state index contributed by atoms with van der Waals surface area (Å²) in [5.74, 6) is 1.90. The van der Waals surface area contributed by atoms with E-state index in [9.17, 15) is 28.8 Å². The maximum Gasteiger partial charge on any atom is 0.404 e. The quantitative estimate of drug-likeness (QED) is 0.0337. The lowest BCUT2D eigenvalue weighted by atomic mass is 10.2. The Morgan fingerprint density at radius 2 is 0.747 bits per heavy atom. The minimum absolute atomic E-state index is 0.0664. The topological polar surface area (TPSA) is 318 Å². The first-order valence-corrected chi connectivity index (χ1v) is 24.9. The lowest BCUT2D eigenvalue weighted by Crippen LogP contribution is -2.32. The molecular formula is C59H79N9O11. The molecule has 0 aromatic heterocycles. The van der Waals surface area contributed by atoms with Gasteiger partial charge in [-0.25, -0.2) is 9.59 Å². The number of likely N-dealkylation sites (N-methyl/N-ethyl adjacent to an activating group) is 1. The molecular weight excluding hydrogens is 1010 g/mol. The highest BCUT2D eigenvalue weighted by atomic mass is 16.6. The molecule has 13 N–H and O–H groups in total. The summed E-state index contributed by atoms with van der Waals surface area (Å²) in [6.07, 6.45) is -0.522. The number of nitrogens with one attached hydrogen (secondary N) is 3. The van der Waals surface area contributed by atoms with Crippen LogP contribution in [0.3, 0.4) is 0 Å². The van der Waals surface area contributed by atoms with Crippen molar-refractivity contribution in [1.29, 1.82) is 0 Å². The number of carbonyl (C=O) groups excluding carboxylic acids is 6. The molecule has 0 heterocycles. The number of aryl methyl sites for hydroxylation is 6. The van der Waals surface area contributed by atoms with E-state index in [1.807, 2.05) is 175 Å². The number of nitrogens with zero attached hydrogens (tertiary/aromatic N) is 1. The van der Waals surface area contributed by atoms with Crippen molar-refractivity contribution in [3.05, 3.63) is 179 Å². The molecule has 6 rings (SSSR count). The molecule has 7 amide bonds. The molecule has 0 saturated heterocycles. The van der Waals surface area contributed by atoms with E-state index in [4.69, 9.17) is 47.6 Å². The van der Waals surface area contributed by atoms with Gasteiger partial charge in [0, 0.05) is 25.5 Å². The Hall–Kier alpha value is -9.46. The number of urea groups is 1. The third-order valence-electron chi connectivity index (χ3n) is 9.86.